The van der Waals surface area contributed by atoms with Crippen LogP contribution in [0.2, 0.25) is 0 Å². The van der Waals surface area contributed by atoms with Gasteiger partial charge in [0.2, 0.25) is 0 Å². The van der Waals surface area contributed by atoms with Crippen LogP contribution in [0, 0.1) is 0 Å². The van der Waals surface area contributed by atoms with E-state index in [1.807, 2.05) is 12.1 Å². The first-order valence-corrected chi connectivity index (χ1v) is 7.62. The first-order chi connectivity index (χ1) is 10.8. The molecule has 0 bridgehead atoms. The van der Waals surface area contributed by atoms with Crippen molar-refractivity contribution in [1.29, 1.82) is 0 Å². The molecule has 1 heterocycles. The Labute approximate surface area is 130 Å². The van der Waals surface area contributed by atoms with Gasteiger partial charge in [0.15, 0.2) is 5.82 Å². The Hall–Kier alpha value is -2.46. The van der Waals surface area contributed by atoms with Gasteiger partial charge in [-0.25, -0.2) is 0 Å². The molecule has 3 aromatic rings. The third kappa shape index (κ3) is 2.78. The van der Waals surface area contributed by atoms with Gasteiger partial charge in [-0.1, -0.05) is 55.5 Å². The van der Waals surface area contributed by atoms with Gasteiger partial charge in [0.05, 0.1) is 0 Å². The number of fused-ring (bicyclic) bond motifs is 1. The lowest BCUT2D eigenvalue weighted by Crippen LogP contribution is -2.14. The second kappa shape index (κ2) is 6.54. The van der Waals surface area contributed by atoms with Crippen LogP contribution >= 0.6 is 0 Å². The van der Waals surface area contributed by atoms with Gasteiger partial charge < -0.3 is 11.1 Å². The van der Waals surface area contributed by atoms with E-state index in [2.05, 4.69) is 58.8 Å². The molecule has 112 valence electrons. The van der Waals surface area contributed by atoms with E-state index in [4.69, 9.17) is 5.73 Å². The van der Waals surface area contributed by atoms with Crippen molar-refractivity contribution < 1.29 is 0 Å². The molecule has 4 nitrogen and oxygen atoms in total. The van der Waals surface area contributed by atoms with Crippen molar-refractivity contribution in [1.82, 2.24) is 10.2 Å². The molecule has 0 radical (unpaired) electrons. The van der Waals surface area contributed by atoms with Crippen LogP contribution in [0.3, 0.4) is 0 Å². The minimum Gasteiger partial charge on any atom is -0.367 e. The van der Waals surface area contributed by atoms with E-state index in [-0.39, 0.29) is 0 Å². The van der Waals surface area contributed by atoms with Crippen molar-refractivity contribution in [3.05, 3.63) is 54.1 Å². The average Bonchev–Trinajstić information content (AvgIpc) is 2.60. The third-order valence-corrected chi connectivity index (χ3v) is 3.76. The summed E-state index contributed by atoms with van der Waals surface area (Å²) in [4.78, 5) is 0. The van der Waals surface area contributed by atoms with Crippen LogP contribution < -0.4 is 11.1 Å². The lowest BCUT2D eigenvalue weighted by atomic mass is 10.0. The van der Waals surface area contributed by atoms with Gasteiger partial charge in [0, 0.05) is 29.4 Å². The molecule has 1 aromatic heterocycles. The maximum Gasteiger partial charge on any atom is 0.156 e. The van der Waals surface area contributed by atoms with Crippen LogP contribution in [-0.4, -0.2) is 23.3 Å². The molecular weight excluding hydrogens is 272 g/mol. The van der Waals surface area contributed by atoms with E-state index in [0.717, 1.165) is 34.3 Å². The van der Waals surface area contributed by atoms with Crippen molar-refractivity contribution in [3.63, 3.8) is 0 Å². The molecule has 4 heteroatoms. The van der Waals surface area contributed by atoms with Crippen LogP contribution in [0.5, 0.6) is 0 Å². The van der Waals surface area contributed by atoms with E-state index in [1.165, 1.54) is 5.56 Å². The number of aromatic nitrogens is 2. The first kappa shape index (κ1) is 14.5. The Bertz CT molecular complexity index is 766. The molecule has 3 N–H and O–H groups in total. The highest BCUT2D eigenvalue weighted by molar-refractivity contribution is 5.99. The topological polar surface area (TPSA) is 63.8 Å². The van der Waals surface area contributed by atoms with Crippen molar-refractivity contribution in [2.75, 3.05) is 18.4 Å². The molecule has 3 rings (SSSR count). The minimum atomic E-state index is 0.566. The molecule has 2 aromatic carbocycles. The zero-order valence-corrected chi connectivity index (χ0v) is 12.7. The maximum atomic E-state index is 5.56. The summed E-state index contributed by atoms with van der Waals surface area (Å²) in [5.41, 5.74) is 8.88. The van der Waals surface area contributed by atoms with Gasteiger partial charge in [0.1, 0.15) is 5.69 Å². The third-order valence-electron chi connectivity index (χ3n) is 3.76. The van der Waals surface area contributed by atoms with Crippen molar-refractivity contribution in [2.45, 2.75) is 13.3 Å². The molecule has 0 saturated carbocycles. The Balaban J connectivity index is 2.10. The van der Waals surface area contributed by atoms with E-state index < -0.39 is 0 Å². The van der Waals surface area contributed by atoms with Crippen LogP contribution in [0.25, 0.3) is 22.0 Å². The van der Waals surface area contributed by atoms with Gasteiger partial charge in [-0.3, -0.25) is 0 Å². The Morgan fingerprint density at radius 1 is 0.955 bits per heavy atom. The number of nitrogens with two attached hydrogens (primary N) is 1. The highest BCUT2D eigenvalue weighted by Crippen LogP contribution is 2.29. The van der Waals surface area contributed by atoms with Crippen molar-refractivity contribution in [3.8, 4) is 11.3 Å². The van der Waals surface area contributed by atoms with Crippen LogP contribution in [0.4, 0.5) is 5.82 Å². The molecule has 0 fully saturated rings. The SMILES string of the molecule is CCc1ccc(-c2nnc(NCCN)c3ccccc23)cc1. The molecular formula is C18H20N4. The summed E-state index contributed by atoms with van der Waals surface area (Å²) in [6.07, 6.45) is 1.04. The summed E-state index contributed by atoms with van der Waals surface area (Å²) in [6, 6.07) is 16.7. The number of rotatable bonds is 5. The van der Waals surface area contributed by atoms with Gasteiger partial charge in [-0.2, -0.15) is 0 Å². The van der Waals surface area contributed by atoms with E-state index in [9.17, 15) is 0 Å². The second-order valence-corrected chi connectivity index (χ2v) is 5.21. The van der Waals surface area contributed by atoms with Gasteiger partial charge in [0.25, 0.3) is 0 Å². The van der Waals surface area contributed by atoms with Crippen molar-refractivity contribution in [2.24, 2.45) is 5.73 Å². The summed E-state index contributed by atoms with van der Waals surface area (Å²) in [5, 5.41) is 14.2. The van der Waals surface area contributed by atoms with Gasteiger partial charge in [-0.15, -0.1) is 10.2 Å². The maximum absolute atomic E-state index is 5.56. The molecule has 0 saturated heterocycles. The average molecular weight is 292 g/mol. The zero-order valence-electron chi connectivity index (χ0n) is 12.7. The normalized spacial score (nSPS) is 10.8. The predicted molar refractivity (Wildman–Crippen MR) is 91.9 cm³/mol. The molecule has 0 aliphatic rings. The van der Waals surface area contributed by atoms with E-state index in [0.29, 0.717) is 13.1 Å². The Kier molecular flexibility index (Phi) is 4.30. The van der Waals surface area contributed by atoms with Crippen molar-refractivity contribution >= 4 is 16.6 Å². The lowest BCUT2D eigenvalue weighted by molar-refractivity contribution is 0.983. The van der Waals surface area contributed by atoms with Crippen LogP contribution in [-0.2, 0) is 6.42 Å². The summed E-state index contributed by atoms with van der Waals surface area (Å²) >= 11 is 0. The Morgan fingerprint density at radius 3 is 2.36 bits per heavy atom. The fraction of sp³-hybridized carbons (Fsp3) is 0.222. The van der Waals surface area contributed by atoms with E-state index >= 15 is 0 Å². The van der Waals surface area contributed by atoms with E-state index in [1.54, 1.807) is 0 Å². The second-order valence-electron chi connectivity index (χ2n) is 5.21. The van der Waals surface area contributed by atoms with Crippen LogP contribution in [0.1, 0.15) is 12.5 Å². The molecule has 22 heavy (non-hydrogen) atoms. The fourth-order valence-electron chi connectivity index (χ4n) is 2.54. The molecule has 0 aliphatic heterocycles. The number of aryl methyl sites for hydroxylation is 1. The number of nitrogens with one attached hydrogen (secondary N) is 1. The highest BCUT2D eigenvalue weighted by Gasteiger charge is 2.10. The lowest BCUT2D eigenvalue weighted by Gasteiger charge is -2.10. The highest BCUT2D eigenvalue weighted by atomic mass is 15.2. The molecule has 0 atom stereocenters. The standard InChI is InChI=1S/C18H20N4/c1-2-13-7-9-14(10-8-13)17-15-5-3-4-6-16(15)18(22-21-17)20-12-11-19/h3-10H,2,11-12,19H2,1H3,(H,20,22). The summed E-state index contributed by atoms with van der Waals surface area (Å²) in [7, 11) is 0. The summed E-state index contributed by atoms with van der Waals surface area (Å²) in [5.74, 6) is 0.787. The smallest absolute Gasteiger partial charge is 0.156 e. The van der Waals surface area contributed by atoms with Gasteiger partial charge in [-0.05, 0) is 12.0 Å². The largest absolute Gasteiger partial charge is 0.367 e. The molecule has 0 unspecified atom stereocenters. The first-order valence-electron chi connectivity index (χ1n) is 7.62. The number of anilines is 1. The molecule has 0 aliphatic carbocycles. The summed E-state index contributed by atoms with van der Waals surface area (Å²) < 4.78 is 0. The monoisotopic (exact) mass is 292 g/mol. The summed E-state index contributed by atoms with van der Waals surface area (Å²) in [6.45, 7) is 3.40. The fourth-order valence-corrected chi connectivity index (χ4v) is 2.54. The number of hydrogen-bond acceptors (Lipinski definition) is 4. The molecule has 0 amide bonds. The molecule has 0 spiro atoms. The minimum absolute atomic E-state index is 0.566. The van der Waals surface area contributed by atoms with Gasteiger partial charge >= 0.3 is 0 Å². The zero-order chi connectivity index (χ0) is 15.4. The van der Waals surface area contributed by atoms with Crippen LogP contribution in [0.15, 0.2) is 48.5 Å². The number of nitrogens with zero attached hydrogens (tertiary/aromatic N) is 2. The quantitative estimate of drug-likeness (QED) is 0.758. The number of benzene rings is 2. The number of hydrogen-bond donors (Lipinski definition) is 2. The Morgan fingerprint density at radius 2 is 1.68 bits per heavy atom. The predicted octanol–water partition coefficient (Wildman–Crippen LogP) is 3.23.